The molecule has 2 unspecified atom stereocenters. The molecule has 1 aliphatic carbocycles. The van der Waals surface area contributed by atoms with E-state index >= 15 is 0 Å². The minimum Gasteiger partial charge on any atom is -0.392 e. The van der Waals surface area contributed by atoms with E-state index in [-0.39, 0.29) is 23.9 Å². The zero-order valence-corrected chi connectivity index (χ0v) is 16.4. The Labute approximate surface area is 166 Å². The third kappa shape index (κ3) is 3.97. The highest BCUT2D eigenvalue weighted by Gasteiger charge is 2.36. The summed E-state index contributed by atoms with van der Waals surface area (Å²) in [6.45, 7) is 3.49. The second kappa shape index (κ2) is 8.27. The van der Waals surface area contributed by atoms with E-state index in [2.05, 4.69) is 16.0 Å². The summed E-state index contributed by atoms with van der Waals surface area (Å²) in [4.78, 5) is 6.77. The van der Waals surface area contributed by atoms with E-state index in [0.29, 0.717) is 13.0 Å². The van der Waals surface area contributed by atoms with Gasteiger partial charge < -0.3 is 10.2 Å². The van der Waals surface area contributed by atoms with E-state index < -0.39 is 6.10 Å². The van der Waals surface area contributed by atoms with Gasteiger partial charge in [0.25, 0.3) is 0 Å². The standard InChI is InChI=1S/C23H29FN2O2/c1-15-12-18(24)8-9-20(15)23(26-11-3-5-19(27)14-26)17-7-6-16-4-2-10-25-22(16)21(28)13-17/h2,4,8-10,12,17,19,21,23,27-28H,3,5-7,11,13-14H2,1H3/t17-,19?,21+,23?/m1/s1. The Morgan fingerprint density at radius 1 is 1.21 bits per heavy atom. The van der Waals surface area contributed by atoms with E-state index in [1.54, 1.807) is 12.3 Å². The Kier molecular flexibility index (Phi) is 5.76. The molecule has 0 saturated carbocycles. The van der Waals surface area contributed by atoms with Gasteiger partial charge in [0.05, 0.1) is 17.9 Å². The molecule has 0 spiro atoms. The SMILES string of the molecule is Cc1cc(F)ccc1C([C@@H]1CCc2cccnc2[C@@H](O)C1)N1CCCC(O)C1. The van der Waals surface area contributed by atoms with Gasteiger partial charge in [-0.1, -0.05) is 12.1 Å². The number of halogens is 1. The second-order valence-electron chi connectivity index (χ2n) is 8.33. The lowest BCUT2D eigenvalue weighted by Gasteiger charge is -2.41. The van der Waals surface area contributed by atoms with Crippen molar-refractivity contribution in [3.05, 3.63) is 64.7 Å². The van der Waals surface area contributed by atoms with E-state index in [4.69, 9.17) is 0 Å². The van der Waals surface area contributed by atoms with Crippen molar-refractivity contribution in [1.82, 2.24) is 9.88 Å². The molecule has 1 saturated heterocycles. The average molecular weight is 384 g/mol. The van der Waals surface area contributed by atoms with Gasteiger partial charge >= 0.3 is 0 Å². The van der Waals surface area contributed by atoms with Crippen LogP contribution in [0, 0.1) is 18.7 Å². The number of hydrogen-bond donors (Lipinski definition) is 2. The fraction of sp³-hybridized carbons (Fsp3) is 0.522. The normalized spacial score (nSPS) is 27.1. The largest absolute Gasteiger partial charge is 0.392 e. The van der Waals surface area contributed by atoms with Crippen molar-refractivity contribution >= 4 is 0 Å². The van der Waals surface area contributed by atoms with Crippen molar-refractivity contribution < 1.29 is 14.6 Å². The van der Waals surface area contributed by atoms with Gasteiger partial charge in [0.1, 0.15) is 5.82 Å². The highest BCUT2D eigenvalue weighted by atomic mass is 19.1. The van der Waals surface area contributed by atoms with Gasteiger partial charge in [0.2, 0.25) is 0 Å². The predicted octanol–water partition coefficient (Wildman–Crippen LogP) is 3.71. The van der Waals surface area contributed by atoms with Crippen LogP contribution >= 0.6 is 0 Å². The molecule has 150 valence electrons. The van der Waals surface area contributed by atoms with Crippen molar-refractivity contribution in [2.45, 2.75) is 57.3 Å². The fourth-order valence-corrected chi connectivity index (χ4v) is 5.06. The van der Waals surface area contributed by atoms with Crippen LogP contribution in [-0.2, 0) is 6.42 Å². The van der Waals surface area contributed by atoms with E-state index in [1.807, 2.05) is 19.1 Å². The lowest BCUT2D eigenvalue weighted by molar-refractivity contribution is 0.0161. The first kappa shape index (κ1) is 19.5. The van der Waals surface area contributed by atoms with Gasteiger partial charge in [-0.2, -0.15) is 0 Å². The maximum Gasteiger partial charge on any atom is 0.123 e. The molecule has 1 fully saturated rings. The van der Waals surface area contributed by atoms with Crippen molar-refractivity contribution in [1.29, 1.82) is 0 Å². The molecule has 2 heterocycles. The number of β-amino-alcohol motifs (C(OH)–C–C–N with tert-alkyl or cyclic N) is 1. The topological polar surface area (TPSA) is 56.6 Å². The number of nitrogens with zero attached hydrogens (tertiary/aromatic N) is 2. The molecular formula is C23H29FN2O2. The first-order chi connectivity index (χ1) is 13.5. The van der Waals surface area contributed by atoms with Gasteiger partial charge in [0.15, 0.2) is 0 Å². The Hall–Kier alpha value is -1.82. The molecule has 0 bridgehead atoms. The molecule has 2 N–H and O–H groups in total. The summed E-state index contributed by atoms with van der Waals surface area (Å²) in [5, 5.41) is 21.2. The second-order valence-corrected chi connectivity index (χ2v) is 8.33. The van der Waals surface area contributed by atoms with Crippen molar-refractivity contribution in [2.75, 3.05) is 13.1 Å². The maximum absolute atomic E-state index is 13.8. The summed E-state index contributed by atoms with van der Waals surface area (Å²) in [5.41, 5.74) is 3.94. The minimum absolute atomic E-state index is 0.0551. The quantitative estimate of drug-likeness (QED) is 0.792. The number of piperidine rings is 1. The highest BCUT2D eigenvalue weighted by Crippen LogP contribution is 2.42. The first-order valence-electron chi connectivity index (χ1n) is 10.3. The van der Waals surface area contributed by atoms with E-state index in [9.17, 15) is 14.6 Å². The number of fused-ring (bicyclic) bond motifs is 1. The number of hydrogen-bond acceptors (Lipinski definition) is 4. The molecule has 5 heteroatoms. The number of pyridine rings is 1. The number of aromatic nitrogens is 1. The Morgan fingerprint density at radius 3 is 2.86 bits per heavy atom. The van der Waals surface area contributed by atoms with Gasteiger partial charge in [-0.3, -0.25) is 9.88 Å². The monoisotopic (exact) mass is 384 g/mol. The molecule has 28 heavy (non-hydrogen) atoms. The lowest BCUT2D eigenvalue weighted by atomic mass is 9.82. The van der Waals surface area contributed by atoms with Gasteiger partial charge in [0, 0.05) is 18.8 Å². The number of aliphatic hydroxyl groups is 2. The van der Waals surface area contributed by atoms with Crippen LogP contribution in [0.1, 0.15) is 60.2 Å². The Morgan fingerprint density at radius 2 is 2.07 bits per heavy atom. The first-order valence-corrected chi connectivity index (χ1v) is 10.3. The lowest BCUT2D eigenvalue weighted by Crippen LogP contribution is -2.43. The summed E-state index contributed by atoms with van der Waals surface area (Å²) < 4.78 is 13.8. The van der Waals surface area contributed by atoms with Gasteiger partial charge in [-0.25, -0.2) is 4.39 Å². The third-order valence-corrected chi connectivity index (χ3v) is 6.37. The van der Waals surface area contributed by atoms with Crippen LogP contribution in [0.15, 0.2) is 36.5 Å². The maximum atomic E-state index is 13.8. The summed E-state index contributed by atoms with van der Waals surface area (Å²) in [7, 11) is 0. The molecule has 4 atom stereocenters. The number of aryl methyl sites for hydroxylation is 2. The van der Waals surface area contributed by atoms with Crippen LogP contribution in [0.5, 0.6) is 0 Å². The number of rotatable bonds is 3. The molecule has 1 aromatic heterocycles. The van der Waals surface area contributed by atoms with Crippen molar-refractivity contribution in [3.8, 4) is 0 Å². The van der Waals surface area contributed by atoms with Crippen LogP contribution in [0.2, 0.25) is 0 Å². The zero-order valence-electron chi connectivity index (χ0n) is 16.4. The van der Waals surface area contributed by atoms with Crippen LogP contribution < -0.4 is 0 Å². The Balaban J connectivity index is 1.69. The van der Waals surface area contributed by atoms with Gasteiger partial charge in [-0.15, -0.1) is 0 Å². The molecule has 0 radical (unpaired) electrons. The highest BCUT2D eigenvalue weighted by molar-refractivity contribution is 5.31. The number of benzene rings is 1. The van der Waals surface area contributed by atoms with E-state index in [1.165, 1.54) is 6.07 Å². The smallest absolute Gasteiger partial charge is 0.123 e. The summed E-state index contributed by atoms with van der Waals surface area (Å²) in [6.07, 6.45) is 5.03. The van der Waals surface area contributed by atoms with Gasteiger partial charge in [-0.05, 0) is 86.4 Å². The van der Waals surface area contributed by atoms with Crippen LogP contribution in [0.3, 0.4) is 0 Å². The summed E-state index contributed by atoms with van der Waals surface area (Å²) in [6, 6.07) is 9.04. The summed E-state index contributed by atoms with van der Waals surface area (Å²) in [5.74, 6) is -0.0187. The molecule has 0 amide bonds. The molecule has 1 aromatic carbocycles. The average Bonchev–Trinajstić information content (AvgIpc) is 2.83. The molecule has 1 aliphatic heterocycles. The fourth-order valence-electron chi connectivity index (χ4n) is 5.06. The number of aliphatic hydroxyl groups excluding tert-OH is 2. The predicted molar refractivity (Wildman–Crippen MR) is 106 cm³/mol. The zero-order chi connectivity index (χ0) is 19.7. The molecule has 4 rings (SSSR count). The summed E-state index contributed by atoms with van der Waals surface area (Å²) >= 11 is 0. The molecule has 2 aromatic rings. The minimum atomic E-state index is -0.596. The van der Waals surface area contributed by atoms with Crippen molar-refractivity contribution in [2.24, 2.45) is 5.92 Å². The van der Waals surface area contributed by atoms with Crippen LogP contribution in [-0.4, -0.2) is 39.3 Å². The molecule has 2 aliphatic rings. The van der Waals surface area contributed by atoms with E-state index in [0.717, 1.165) is 54.6 Å². The molecule has 4 nitrogen and oxygen atoms in total. The third-order valence-electron chi connectivity index (χ3n) is 6.37. The van der Waals surface area contributed by atoms with Crippen molar-refractivity contribution in [3.63, 3.8) is 0 Å². The number of likely N-dealkylation sites (tertiary alicyclic amines) is 1. The van der Waals surface area contributed by atoms with Crippen LogP contribution in [0.25, 0.3) is 0 Å². The Bertz CT molecular complexity index is 828. The van der Waals surface area contributed by atoms with Crippen LogP contribution in [0.4, 0.5) is 4.39 Å². The molecular weight excluding hydrogens is 355 g/mol.